The summed E-state index contributed by atoms with van der Waals surface area (Å²) >= 11 is 0. The lowest BCUT2D eigenvalue weighted by molar-refractivity contribution is 0.223. The van der Waals surface area contributed by atoms with Crippen LogP contribution < -0.4 is 10.5 Å². The van der Waals surface area contributed by atoms with Gasteiger partial charge in [-0.1, -0.05) is 31.8 Å². The second-order valence-electron chi connectivity index (χ2n) is 6.69. The molecule has 0 aliphatic heterocycles. The van der Waals surface area contributed by atoms with E-state index in [9.17, 15) is 0 Å². The number of hydrogen-bond donors (Lipinski definition) is 1. The van der Waals surface area contributed by atoms with Crippen LogP contribution >= 0.6 is 0 Å². The van der Waals surface area contributed by atoms with Gasteiger partial charge in [-0.05, 0) is 50.2 Å². The Hall–Kier alpha value is -1.92. The first kappa shape index (κ1) is 17.9. The number of nitrogens with zero attached hydrogens (tertiary/aromatic N) is 3. The van der Waals surface area contributed by atoms with E-state index in [2.05, 4.69) is 28.9 Å². The van der Waals surface area contributed by atoms with Gasteiger partial charge in [0.1, 0.15) is 12.4 Å². The Labute approximate surface area is 149 Å². The highest BCUT2D eigenvalue weighted by Crippen LogP contribution is 2.35. The van der Waals surface area contributed by atoms with Crippen LogP contribution in [-0.2, 0) is 5.54 Å². The molecule has 1 fully saturated rings. The van der Waals surface area contributed by atoms with Crippen molar-refractivity contribution in [3.63, 3.8) is 0 Å². The normalized spacial score (nSPS) is 16.5. The van der Waals surface area contributed by atoms with Crippen LogP contribution in [0.15, 0.2) is 28.8 Å². The second kappa shape index (κ2) is 7.97. The monoisotopic (exact) mass is 344 g/mol. The number of hydrogen-bond acceptors (Lipinski definition) is 6. The Morgan fingerprint density at radius 2 is 1.84 bits per heavy atom. The fraction of sp³-hybridized carbons (Fsp3) is 0.579. The van der Waals surface area contributed by atoms with E-state index >= 15 is 0 Å². The summed E-state index contributed by atoms with van der Waals surface area (Å²) in [5, 5.41) is 4.11. The minimum Gasteiger partial charge on any atom is -0.492 e. The maximum absolute atomic E-state index is 6.39. The predicted molar refractivity (Wildman–Crippen MR) is 97.4 cm³/mol. The van der Waals surface area contributed by atoms with Gasteiger partial charge in [0.25, 0.3) is 5.89 Å². The minimum absolute atomic E-state index is 0.421. The van der Waals surface area contributed by atoms with Crippen molar-refractivity contribution in [3.8, 4) is 17.2 Å². The number of rotatable bonds is 8. The van der Waals surface area contributed by atoms with E-state index in [-0.39, 0.29) is 0 Å². The molecule has 1 aromatic carbocycles. The van der Waals surface area contributed by atoms with E-state index in [0.29, 0.717) is 18.3 Å². The van der Waals surface area contributed by atoms with Gasteiger partial charge in [-0.2, -0.15) is 4.98 Å². The van der Waals surface area contributed by atoms with Crippen LogP contribution in [0.25, 0.3) is 11.5 Å². The summed E-state index contributed by atoms with van der Waals surface area (Å²) in [4.78, 5) is 6.85. The van der Waals surface area contributed by atoms with Crippen molar-refractivity contribution >= 4 is 0 Å². The highest BCUT2D eigenvalue weighted by Gasteiger charge is 2.36. The van der Waals surface area contributed by atoms with Crippen molar-refractivity contribution in [1.29, 1.82) is 0 Å². The van der Waals surface area contributed by atoms with Gasteiger partial charge < -0.3 is 19.9 Å². The van der Waals surface area contributed by atoms with Gasteiger partial charge in [0.05, 0.1) is 5.54 Å². The molecule has 1 saturated carbocycles. The van der Waals surface area contributed by atoms with Crippen molar-refractivity contribution < 1.29 is 9.26 Å². The molecule has 0 saturated heterocycles. The Kier molecular flexibility index (Phi) is 5.71. The summed E-state index contributed by atoms with van der Waals surface area (Å²) in [6, 6.07) is 7.77. The standard InChI is InChI=1S/C19H28N4O2/c1-3-23(4-2)13-14-24-16-9-7-15(8-10-16)17-21-18(22-25-17)19(20)11-5-6-12-19/h7-10H,3-6,11-14,20H2,1-2H3. The molecular formula is C19H28N4O2. The number of ether oxygens (including phenoxy) is 1. The van der Waals surface area contributed by atoms with Gasteiger partial charge in [-0.3, -0.25) is 0 Å². The molecule has 0 amide bonds. The summed E-state index contributed by atoms with van der Waals surface area (Å²) in [6.45, 7) is 8.02. The molecule has 1 heterocycles. The molecule has 1 aromatic heterocycles. The molecule has 6 heteroatoms. The van der Waals surface area contributed by atoms with E-state index in [4.69, 9.17) is 15.0 Å². The number of likely N-dealkylation sites (N-methyl/N-ethyl adjacent to an activating group) is 1. The molecule has 0 radical (unpaired) electrons. The van der Waals surface area contributed by atoms with E-state index in [1.54, 1.807) is 0 Å². The number of nitrogens with two attached hydrogens (primary N) is 1. The zero-order chi connectivity index (χ0) is 17.7. The highest BCUT2D eigenvalue weighted by atomic mass is 16.5. The molecular weight excluding hydrogens is 316 g/mol. The summed E-state index contributed by atoms with van der Waals surface area (Å²) < 4.78 is 11.2. The lowest BCUT2D eigenvalue weighted by Gasteiger charge is -2.18. The van der Waals surface area contributed by atoms with Gasteiger partial charge >= 0.3 is 0 Å². The Bertz CT molecular complexity index is 658. The first-order chi connectivity index (χ1) is 12.1. The van der Waals surface area contributed by atoms with E-state index in [0.717, 1.165) is 56.6 Å². The van der Waals surface area contributed by atoms with Crippen molar-refractivity contribution in [1.82, 2.24) is 15.0 Å². The Morgan fingerprint density at radius 1 is 1.16 bits per heavy atom. The highest BCUT2D eigenvalue weighted by molar-refractivity contribution is 5.54. The quantitative estimate of drug-likeness (QED) is 0.792. The molecule has 25 heavy (non-hydrogen) atoms. The van der Waals surface area contributed by atoms with Crippen molar-refractivity contribution in [2.75, 3.05) is 26.2 Å². The van der Waals surface area contributed by atoms with Gasteiger partial charge in [-0.25, -0.2) is 0 Å². The minimum atomic E-state index is -0.421. The Morgan fingerprint density at radius 3 is 2.48 bits per heavy atom. The maximum atomic E-state index is 6.39. The van der Waals surface area contributed by atoms with Crippen molar-refractivity contribution in [2.24, 2.45) is 5.73 Å². The first-order valence-corrected chi connectivity index (χ1v) is 9.23. The van der Waals surface area contributed by atoms with Crippen LogP contribution in [-0.4, -0.2) is 41.3 Å². The van der Waals surface area contributed by atoms with Crippen molar-refractivity contribution in [2.45, 2.75) is 45.1 Å². The lowest BCUT2D eigenvalue weighted by atomic mass is 9.99. The van der Waals surface area contributed by atoms with Crippen molar-refractivity contribution in [3.05, 3.63) is 30.1 Å². The maximum Gasteiger partial charge on any atom is 0.257 e. The van der Waals surface area contributed by atoms with Crippen LogP contribution in [0.4, 0.5) is 0 Å². The molecule has 136 valence electrons. The third-order valence-electron chi connectivity index (χ3n) is 5.04. The summed E-state index contributed by atoms with van der Waals surface area (Å²) in [5.41, 5.74) is 6.85. The van der Waals surface area contributed by atoms with Crippen LogP contribution in [0.1, 0.15) is 45.4 Å². The average Bonchev–Trinajstić information content (AvgIpc) is 3.30. The van der Waals surface area contributed by atoms with Gasteiger partial charge in [-0.15, -0.1) is 0 Å². The van der Waals surface area contributed by atoms with Gasteiger partial charge in [0.15, 0.2) is 5.82 Å². The van der Waals surface area contributed by atoms with Gasteiger partial charge in [0, 0.05) is 12.1 Å². The summed E-state index contributed by atoms with van der Waals surface area (Å²) in [7, 11) is 0. The largest absolute Gasteiger partial charge is 0.492 e. The average molecular weight is 344 g/mol. The molecule has 3 rings (SSSR count). The molecule has 2 aromatic rings. The lowest BCUT2D eigenvalue weighted by Crippen LogP contribution is -2.34. The Balaban J connectivity index is 1.60. The molecule has 1 aliphatic rings. The molecule has 6 nitrogen and oxygen atoms in total. The predicted octanol–water partition coefficient (Wildman–Crippen LogP) is 3.19. The van der Waals surface area contributed by atoms with E-state index in [1.807, 2.05) is 24.3 Å². The topological polar surface area (TPSA) is 77.4 Å². The molecule has 0 bridgehead atoms. The third-order valence-corrected chi connectivity index (χ3v) is 5.04. The first-order valence-electron chi connectivity index (χ1n) is 9.23. The number of benzene rings is 1. The molecule has 0 unspecified atom stereocenters. The SMILES string of the molecule is CCN(CC)CCOc1ccc(-c2nc(C3(N)CCCC3)no2)cc1. The van der Waals surface area contributed by atoms with E-state index in [1.165, 1.54) is 0 Å². The zero-order valence-corrected chi connectivity index (χ0v) is 15.2. The molecule has 0 spiro atoms. The van der Waals surface area contributed by atoms with Gasteiger partial charge in [0.2, 0.25) is 0 Å². The zero-order valence-electron chi connectivity index (χ0n) is 15.2. The third kappa shape index (κ3) is 4.19. The molecule has 0 atom stereocenters. The molecule has 2 N–H and O–H groups in total. The van der Waals surface area contributed by atoms with Crippen LogP contribution in [0.5, 0.6) is 5.75 Å². The second-order valence-corrected chi connectivity index (χ2v) is 6.69. The summed E-state index contributed by atoms with van der Waals surface area (Å²) in [6.07, 6.45) is 4.09. The van der Waals surface area contributed by atoms with Crippen LogP contribution in [0.3, 0.4) is 0 Å². The van der Waals surface area contributed by atoms with Crippen LogP contribution in [0, 0.1) is 0 Å². The number of aromatic nitrogens is 2. The smallest absolute Gasteiger partial charge is 0.257 e. The fourth-order valence-corrected chi connectivity index (χ4v) is 3.30. The van der Waals surface area contributed by atoms with E-state index < -0.39 is 5.54 Å². The summed E-state index contributed by atoms with van der Waals surface area (Å²) in [5.74, 6) is 1.99. The van der Waals surface area contributed by atoms with Crippen LogP contribution in [0.2, 0.25) is 0 Å². The molecule has 1 aliphatic carbocycles. The fourth-order valence-electron chi connectivity index (χ4n) is 3.30.